The predicted molar refractivity (Wildman–Crippen MR) is 147 cm³/mol. The summed E-state index contributed by atoms with van der Waals surface area (Å²) in [5.74, 6) is -0.933. The number of hydrogen-bond acceptors (Lipinski definition) is 6. The van der Waals surface area contributed by atoms with Crippen LogP contribution in [0.25, 0.3) is 0 Å². The molecule has 1 aliphatic rings. The Morgan fingerprint density at radius 2 is 1.64 bits per heavy atom. The summed E-state index contributed by atoms with van der Waals surface area (Å²) in [5.41, 5.74) is 0.821. The summed E-state index contributed by atoms with van der Waals surface area (Å²) < 4.78 is 54.3. The summed E-state index contributed by atoms with van der Waals surface area (Å²) in [4.78, 5) is 27.5. The quantitative estimate of drug-likeness (QED) is 0.391. The van der Waals surface area contributed by atoms with Crippen molar-refractivity contribution in [2.75, 3.05) is 31.1 Å². The molecule has 0 aromatic heterocycles. The van der Waals surface area contributed by atoms with Crippen LogP contribution >= 0.6 is 15.9 Å². The number of halogens is 2. The van der Waals surface area contributed by atoms with E-state index >= 15 is 0 Å². The molecule has 0 spiro atoms. The first-order chi connectivity index (χ1) is 18.6. The molecule has 0 fully saturated rings. The van der Waals surface area contributed by atoms with Crippen LogP contribution in [0.1, 0.15) is 12.5 Å². The molecule has 0 bridgehead atoms. The number of carbonyl (C=O) groups is 2. The van der Waals surface area contributed by atoms with Crippen molar-refractivity contribution in [3.8, 4) is 11.5 Å². The van der Waals surface area contributed by atoms with Gasteiger partial charge >= 0.3 is 0 Å². The molecule has 0 aliphatic carbocycles. The molecular weight excluding hydrogens is 593 g/mol. The zero-order valence-corrected chi connectivity index (χ0v) is 23.7. The lowest BCUT2D eigenvalue weighted by atomic mass is 10.1. The minimum absolute atomic E-state index is 0.0576. The molecule has 39 heavy (non-hydrogen) atoms. The largest absolute Gasteiger partial charge is 0.486 e. The fraction of sp³-hybridized carbons (Fsp3) is 0.259. The van der Waals surface area contributed by atoms with Crippen molar-refractivity contribution in [1.82, 2.24) is 10.2 Å². The van der Waals surface area contributed by atoms with Gasteiger partial charge in [0.15, 0.2) is 11.5 Å². The number of amides is 2. The van der Waals surface area contributed by atoms with Gasteiger partial charge in [0.2, 0.25) is 11.8 Å². The molecule has 1 heterocycles. The third kappa shape index (κ3) is 6.51. The van der Waals surface area contributed by atoms with Gasteiger partial charge in [-0.2, -0.15) is 0 Å². The van der Waals surface area contributed by atoms with Crippen molar-refractivity contribution in [1.29, 1.82) is 0 Å². The number of rotatable bonds is 9. The topological polar surface area (TPSA) is 105 Å². The minimum Gasteiger partial charge on any atom is -0.486 e. The first-order valence-corrected chi connectivity index (χ1v) is 14.3. The summed E-state index contributed by atoms with van der Waals surface area (Å²) >= 11 is 3.37. The zero-order chi connectivity index (χ0) is 28.2. The molecule has 0 saturated carbocycles. The smallest absolute Gasteiger partial charge is 0.264 e. The summed E-state index contributed by atoms with van der Waals surface area (Å²) in [6, 6.07) is 15.2. The highest BCUT2D eigenvalue weighted by Crippen LogP contribution is 2.34. The van der Waals surface area contributed by atoms with Crippen molar-refractivity contribution in [3.63, 3.8) is 0 Å². The van der Waals surface area contributed by atoms with Crippen molar-refractivity contribution >= 4 is 43.5 Å². The Bertz CT molecular complexity index is 1450. The van der Waals surface area contributed by atoms with E-state index in [1.54, 1.807) is 31.2 Å². The van der Waals surface area contributed by atoms with Gasteiger partial charge in [-0.05, 0) is 61.0 Å². The van der Waals surface area contributed by atoms with Crippen molar-refractivity contribution < 1.29 is 31.9 Å². The molecule has 0 radical (unpaired) electrons. The van der Waals surface area contributed by atoms with E-state index in [-0.39, 0.29) is 29.5 Å². The molecule has 3 aromatic rings. The van der Waals surface area contributed by atoms with Gasteiger partial charge in [-0.3, -0.25) is 13.9 Å². The highest BCUT2D eigenvalue weighted by atomic mass is 79.9. The second kappa shape index (κ2) is 12.0. The monoisotopic (exact) mass is 619 g/mol. The minimum atomic E-state index is -4.34. The number of anilines is 1. The van der Waals surface area contributed by atoms with Gasteiger partial charge < -0.3 is 19.7 Å². The maximum atomic E-state index is 13.9. The van der Waals surface area contributed by atoms with Crippen LogP contribution < -0.4 is 19.1 Å². The van der Waals surface area contributed by atoms with Crippen molar-refractivity contribution in [2.45, 2.75) is 24.4 Å². The Hall–Kier alpha value is -3.64. The number of ether oxygens (including phenoxy) is 2. The Balaban J connectivity index is 1.72. The van der Waals surface area contributed by atoms with E-state index in [4.69, 9.17) is 9.47 Å². The molecule has 0 saturated heterocycles. The van der Waals surface area contributed by atoms with E-state index in [1.165, 1.54) is 42.3 Å². The van der Waals surface area contributed by atoms with E-state index in [2.05, 4.69) is 21.2 Å². The second-order valence-corrected chi connectivity index (χ2v) is 11.5. The molecule has 206 valence electrons. The van der Waals surface area contributed by atoms with E-state index < -0.39 is 40.2 Å². The lowest BCUT2D eigenvalue weighted by molar-refractivity contribution is -0.139. The normalized spacial score (nSPS) is 13.3. The number of likely N-dealkylation sites (N-methyl/N-ethyl adjacent to an activating group) is 1. The number of sulfonamides is 1. The maximum absolute atomic E-state index is 13.9. The number of carbonyl (C=O) groups excluding carboxylic acids is 2. The second-order valence-electron chi connectivity index (χ2n) is 8.73. The first kappa shape index (κ1) is 28.4. The molecule has 1 atom stereocenters. The summed E-state index contributed by atoms with van der Waals surface area (Å²) in [7, 11) is -2.88. The number of nitrogens with one attached hydrogen (secondary N) is 1. The molecule has 1 N–H and O–H groups in total. The van der Waals surface area contributed by atoms with Crippen LogP contribution in [-0.2, 0) is 26.2 Å². The molecule has 1 aliphatic heterocycles. The average molecular weight is 620 g/mol. The van der Waals surface area contributed by atoms with Crippen LogP contribution in [0, 0.1) is 5.82 Å². The maximum Gasteiger partial charge on any atom is 0.264 e. The summed E-state index contributed by atoms with van der Waals surface area (Å²) in [5, 5.41) is 2.53. The van der Waals surface area contributed by atoms with Gasteiger partial charge in [-0.15, -0.1) is 0 Å². The lowest BCUT2D eigenvalue weighted by Gasteiger charge is -2.32. The van der Waals surface area contributed by atoms with Crippen molar-refractivity contribution in [3.05, 3.63) is 82.6 Å². The number of hydrogen-bond donors (Lipinski definition) is 1. The number of benzene rings is 3. The average Bonchev–Trinajstić information content (AvgIpc) is 2.94. The fourth-order valence-corrected chi connectivity index (χ4v) is 5.72. The van der Waals surface area contributed by atoms with Gasteiger partial charge in [-0.25, -0.2) is 12.8 Å². The summed E-state index contributed by atoms with van der Waals surface area (Å²) in [6.07, 6.45) is 0. The van der Waals surface area contributed by atoms with Crippen LogP contribution in [0.5, 0.6) is 11.5 Å². The van der Waals surface area contributed by atoms with Crippen LogP contribution in [0.3, 0.4) is 0 Å². The van der Waals surface area contributed by atoms with Crippen LogP contribution in [0.4, 0.5) is 10.1 Å². The Labute approximate surface area is 234 Å². The molecular formula is C27H27BrFN3O6S. The van der Waals surface area contributed by atoms with Crippen molar-refractivity contribution in [2.24, 2.45) is 0 Å². The SMILES string of the molecule is CNC(=O)C(C)N(Cc1ccc(Br)cc1)C(=O)CN(c1ccc(F)cc1)S(=O)(=O)c1ccc2c(c1)OCCO2. The van der Waals surface area contributed by atoms with E-state index in [9.17, 15) is 22.4 Å². The van der Waals surface area contributed by atoms with Gasteiger partial charge in [-0.1, -0.05) is 28.1 Å². The zero-order valence-electron chi connectivity index (χ0n) is 21.3. The third-order valence-electron chi connectivity index (χ3n) is 6.17. The van der Waals surface area contributed by atoms with Gasteiger partial charge in [0.1, 0.15) is 31.6 Å². The molecule has 12 heteroatoms. The Morgan fingerprint density at radius 1 is 1.00 bits per heavy atom. The molecule has 4 rings (SSSR count). The van der Waals surface area contributed by atoms with E-state index in [0.29, 0.717) is 12.4 Å². The molecule has 9 nitrogen and oxygen atoms in total. The van der Waals surface area contributed by atoms with Crippen LogP contribution in [0.2, 0.25) is 0 Å². The fourth-order valence-electron chi connectivity index (χ4n) is 4.03. The Kier molecular flexibility index (Phi) is 8.76. The molecule has 3 aromatic carbocycles. The molecule has 2 amide bonds. The molecule has 1 unspecified atom stereocenters. The highest BCUT2D eigenvalue weighted by molar-refractivity contribution is 9.10. The van der Waals surface area contributed by atoms with Gasteiger partial charge in [0, 0.05) is 24.1 Å². The number of nitrogens with zero attached hydrogens (tertiary/aromatic N) is 2. The predicted octanol–water partition coefficient (Wildman–Crippen LogP) is 3.72. The highest BCUT2D eigenvalue weighted by Gasteiger charge is 2.33. The first-order valence-electron chi connectivity index (χ1n) is 12.0. The lowest BCUT2D eigenvalue weighted by Crippen LogP contribution is -2.50. The van der Waals surface area contributed by atoms with E-state index in [1.807, 2.05) is 0 Å². The third-order valence-corrected chi connectivity index (χ3v) is 8.47. The Morgan fingerprint density at radius 3 is 2.28 bits per heavy atom. The number of fused-ring (bicyclic) bond motifs is 1. The van der Waals surface area contributed by atoms with Crippen LogP contribution in [-0.4, -0.2) is 58.0 Å². The standard InChI is InChI=1S/C27H27BrFN3O6S/c1-18(27(34)30-2)31(16-19-3-5-20(28)6-4-19)26(33)17-32(22-9-7-21(29)8-10-22)39(35,36)23-11-12-24-25(15-23)38-14-13-37-24/h3-12,15,18H,13-14,16-17H2,1-2H3,(H,30,34). The van der Waals surface area contributed by atoms with E-state index in [0.717, 1.165) is 26.5 Å². The van der Waals surface area contributed by atoms with Gasteiger partial charge in [0.05, 0.1) is 10.6 Å². The summed E-state index contributed by atoms with van der Waals surface area (Å²) in [6.45, 7) is 1.58. The van der Waals surface area contributed by atoms with Gasteiger partial charge in [0.25, 0.3) is 10.0 Å². The van der Waals surface area contributed by atoms with Crippen LogP contribution in [0.15, 0.2) is 76.1 Å².